The molecule has 0 saturated heterocycles. The fourth-order valence-corrected chi connectivity index (χ4v) is 4.13. The third-order valence-electron chi connectivity index (χ3n) is 5.80. The van der Waals surface area contributed by atoms with Crippen molar-refractivity contribution in [1.82, 2.24) is 0 Å². The molecule has 0 fully saturated rings. The van der Waals surface area contributed by atoms with Crippen LogP contribution in [-0.4, -0.2) is 19.3 Å². The van der Waals surface area contributed by atoms with E-state index in [1.54, 1.807) is 26.4 Å². The van der Waals surface area contributed by atoms with Crippen LogP contribution in [0, 0.1) is 0 Å². The van der Waals surface area contributed by atoms with Gasteiger partial charge in [-0.25, -0.2) is 0 Å². The zero-order chi connectivity index (χ0) is 21.4. The van der Waals surface area contributed by atoms with Crippen LogP contribution in [0.3, 0.4) is 0 Å². The largest absolute Gasteiger partial charge is 0.508 e. The van der Waals surface area contributed by atoms with Crippen LogP contribution in [0.25, 0.3) is 16.8 Å². The minimum Gasteiger partial charge on any atom is -0.508 e. The highest BCUT2D eigenvalue weighted by molar-refractivity contribution is 5.94. The summed E-state index contributed by atoms with van der Waals surface area (Å²) in [6.45, 7) is 0. The van der Waals surface area contributed by atoms with Crippen LogP contribution in [0.2, 0.25) is 0 Å². The van der Waals surface area contributed by atoms with Gasteiger partial charge in [0, 0.05) is 16.7 Å². The Kier molecular flexibility index (Phi) is 4.55. The zero-order valence-corrected chi connectivity index (χ0v) is 17.3. The molecular formula is C27H22O4. The molecule has 0 spiro atoms. The number of phenolic OH excluding ortho intramolecular Hbond substituents is 1. The molecule has 0 atom stereocenters. The van der Waals surface area contributed by atoms with Crippen molar-refractivity contribution < 1.29 is 19.3 Å². The molecule has 1 N–H and O–H groups in total. The van der Waals surface area contributed by atoms with Gasteiger partial charge in [-0.05, 0) is 65.4 Å². The molecule has 0 amide bonds. The number of rotatable bonds is 4. The molecule has 0 aliphatic carbocycles. The van der Waals surface area contributed by atoms with Gasteiger partial charge in [0.2, 0.25) is 0 Å². The quantitative estimate of drug-likeness (QED) is 0.454. The van der Waals surface area contributed by atoms with Crippen molar-refractivity contribution >= 4 is 16.8 Å². The first kappa shape index (κ1) is 19.1. The Morgan fingerprint density at radius 2 is 1.32 bits per heavy atom. The summed E-state index contributed by atoms with van der Waals surface area (Å²) >= 11 is 0. The molecule has 0 aromatic heterocycles. The number of phenols is 1. The minimum absolute atomic E-state index is 0.233. The third-order valence-corrected chi connectivity index (χ3v) is 5.80. The van der Waals surface area contributed by atoms with Crippen LogP contribution in [0.15, 0.2) is 84.9 Å². The highest BCUT2D eigenvalue weighted by atomic mass is 16.5. The van der Waals surface area contributed by atoms with Gasteiger partial charge in [0.05, 0.1) is 14.2 Å². The fourth-order valence-electron chi connectivity index (χ4n) is 4.13. The molecule has 31 heavy (non-hydrogen) atoms. The van der Waals surface area contributed by atoms with Crippen LogP contribution in [0.1, 0.15) is 16.7 Å². The summed E-state index contributed by atoms with van der Waals surface area (Å²) in [5.74, 6) is 2.56. The second-order valence-electron chi connectivity index (χ2n) is 7.51. The van der Waals surface area contributed by atoms with Crippen LogP contribution in [-0.2, 0) is 5.60 Å². The van der Waals surface area contributed by atoms with Crippen LogP contribution in [0.4, 0.5) is 0 Å². The maximum absolute atomic E-state index is 10.0. The van der Waals surface area contributed by atoms with Crippen molar-refractivity contribution in [2.75, 3.05) is 14.2 Å². The summed E-state index contributed by atoms with van der Waals surface area (Å²) in [7, 11) is 3.31. The Hall–Kier alpha value is -3.92. The summed E-state index contributed by atoms with van der Waals surface area (Å²) in [4.78, 5) is 0. The molecule has 4 nitrogen and oxygen atoms in total. The Balaban J connectivity index is 1.70. The first-order valence-corrected chi connectivity index (χ1v) is 10.1. The summed E-state index contributed by atoms with van der Waals surface area (Å²) in [5.41, 5.74) is 2.11. The van der Waals surface area contributed by atoms with E-state index in [-0.39, 0.29) is 5.75 Å². The minimum atomic E-state index is -0.809. The molecule has 0 saturated carbocycles. The predicted octanol–water partition coefficient (Wildman–Crippen LogP) is 5.91. The van der Waals surface area contributed by atoms with E-state index in [0.29, 0.717) is 0 Å². The molecule has 0 radical (unpaired) electrons. The topological polar surface area (TPSA) is 47.9 Å². The van der Waals surface area contributed by atoms with Gasteiger partial charge < -0.3 is 19.3 Å². The van der Waals surface area contributed by atoms with Gasteiger partial charge in [0.25, 0.3) is 0 Å². The Labute approximate surface area is 180 Å². The number of fused-ring (bicyclic) bond motifs is 3. The van der Waals surface area contributed by atoms with Crippen LogP contribution >= 0.6 is 0 Å². The highest BCUT2D eigenvalue weighted by Gasteiger charge is 2.37. The van der Waals surface area contributed by atoms with Crippen molar-refractivity contribution in [2.24, 2.45) is 0 Å². The predicted molar refractivity (Wildman–Crippen MR) is 122 cm³/mol. The maximum atomic E-state index is 10.0. The van der Waals surface area contributed by atoms with E-state index >= 15 is 0 Å². The number of ether oxygens (including phenoxy) is 3. The second kappa shape index (κ2) is 7.40. The second-order valence-corrected chi connectivity index (χ2v) is 7.51. The molecule has 154 valence electrons. The van der Waals surface area contributed by atoms with Gasteiger partial charge >= 0.3 is 0 Å². The molecule has 5 rings (SSSR count). The van der Waals surface area contributed by atoms with Crippen molar-refractivity contribution in [3.8, 4) is 23.0 Å². The number of benzene rings is 4. The molecular weight excluding hydrogens is 388 g/mol. The lowest BCUT2D eigenvalue weighted by Gasteiger charge is -2.36. The van der Waals surface area contributed by atoms with E-state index in [4.69, 9.17) is 14.2 Å². The lowest BCUT2D eigenvalue weighted by molar-refractivity contribution is 0.161. The number of hydrogen-bond donors (Lipinski definition) is 1. The molecule has 1 heterocycles. The summed E-state index contributed by atoms with van der Waals surface area (Å²) in [6.07, 6.45) is 4.15. The van der Waals surface area contributed by atoms with Crippen LogP contribution in [0.5, 0.6) is 23.0 Å². The molecule has 1 aliphatic heterocycles. The van der Waals surface area contributed by atoms with Gasteiger partial charge in [-0.15, -0.1) is 0 Å². The molecule has 4 aromatic carbocycles. The Morgan fingerprint density at radius 3 is 1.90 bits per heavy atom. The average molecular weight is 410 g/mol. The third kappa shape index (κ3) is 3.17. The van der Waals surface area contributed by atoms with Crippen molar-refractivity contribution in [2.45, 2.75) is 5.60 Å². The number of aromatic hydroxyl groups is 1. The van der Waals surface area contributed by atoms with E-state index in [2.05, 4.69) is 12.2 Å². The Bertz CT molecular complexity index is 1220. The monoisotopic (exact) mass is 410 g/mol. The smallest absolute Gasteiger partial charge is 0.178 e. The van der Waals surface area contributed by atoms with Gasteiger partial charge in [-0.1, -0.05) is 36.4 Å². The van der Waals surface area contributed by atoms with Crippen molar-refractivity contribution in [3.63, 3.8) is 0 Å². The SMILES string of the molecule is COc1ccc(C2(c3ccc(OC)cc3)C=Cc3c(ccc4ccc(O)cc34)O2)cc1. The summed E-state index contributed by atoms with van der Waals surface area (Å²) in [6, 6.07) is 25.2. The first-order chi connectivity index (χ1) is 15.1. The van der Waals surface area contributed by atoms with E-state index in [0.717, 1.165) is 44.7 Å². The fraction of sp³-hybridized carbons (Fsp3) is 0.111. The lowest BCUT2D eigenvalue weighted by Crippen LogP contribution is -2.34. The molecule has 0 unspecified atom stereocenters. The van der Waals surface area contributed by atoms with Crippen LogP contribution < -0.4 is 14.2 Å². The average Bonchev–Trinajstić information content (AvgIpc) is 2.83. The van der Waals surface area contributed by atoms with Crippen molar-refractivity contribution in [3.05, 3.63) is 102 Å². The van der Waals surface area contributed by atoms with Gasteiger partial charge in [0.1, 0.15) is 23.0 Å². The number of methoxy groups -OCH3 is 2. The highest BCUT2D eigenvalue weighted by Crippen LogP contribution is 2.45. The van der Waals surface area contributed by atoms with E-state index in [9.17, 15) is 5.11 Å². The molecule has 1 aliphatic rings. The standard InChI is InChI=1S/C27H22O4/c1-29-22-10-5-19(6-11-22)27(20-7-12-23(30-2)13-8-20)16-15-24-25-17-21(28)9-3-18(25)4-14-26(24)31-27/h3-17,28H,1-2H3. The van der Waals surface area contributed by atoms with E-state index in [1.165, 1.54) is 0 Å². The zero-order valence-electron chi connectivity index (χ0n) is 17.3. The maximum Gasteiger partial charge on any atom is 0.178 e. The van der Waals surface area contributed by atoms with Gasteiger partial charge in [0.15, 0.2) is 5.60 Å². The Morgan fingerprint density at radius 1 is 0.742 bits per heavy atom. The first-order valence-electron chi connectivity index (χ1n) is 10.1. The van der Waals surface area contributed by atoms with Crippen molar-refractivity contribution in [1.29, 1.82) is 0 Å². The summed E-state index contributed by atoms with van der Waals surface area (Å²) in [5, 5.41) is 12.0. The summed E-state index contributed by atoms with van der Waals surface area (Å²) < 4.78 is 17.4. The van der Waals surface area contributed by atoms with Gasteiger partial charge in [-0.3, -0.25) is 0 Å². The molecule has 4 heteroatoms. The lowest BCUT2D eigenvalue weighted by atomic mass is 9.83. The molecule has 4 aromatic rings. The normalized spacial score (nSPS) is 14.0. The van der Waals surface area contributed by atoms with E-state index in [1.807, 2.05) is 66.7 Å². The molecule has 0 bridgehead atoms. The van der Waals surface area contributed by atoms with Gasteiger partial charge in [-0.2, -0.15) is 0 Å². The van der Waals surface area contributed by atoms with E-state index < -0.39 is 5.60 Å². The number of hydrogen-bond acceptors (Lipinski definition) is 4.